The van der Waals surface area contributed by atoms with Crippen LogP contribution >= 0.6 is 0 Å². The Bertz CT molecular complexity index is 150. The molecule has 0 radical (unpaired) electrons. The molecular formula is C8H12FN. The van der Waals surface area contributed by atoms with E-state index in [0.29, 0.717) is 0 Å². The first-order valence-electron chi connectivity index (χ1n) is 3.83. The molecule has 1 rings (SSSR count). The van der Waals surface area contributed by atoms with Crippen LogP contribution in [0.4, 0.5) is 4.39 Å². The summed E-state index contributed by atoms with van der Waals surface area (Å²) in [7, 11) is 0. The fraction of sp³-hybridized carbons (Fsp3) is 0.875. The fourth-order valence-corrected chi connectivity index (χ4v) is 1.61. The van der Waals surface area contributed by atoms with Crippen LogP contribution in [0.15, 0.2) is 0 Å². The highest BCUT2D eigenvalue weighted by Crippen LogP contribution is 2.35. The second-order valence-electron chi connectivity index (χ2n) is 2.93. The van der Waals surface area contributed by atoms with E-state index in [9.17, 15) is 4.39 Å². The van der Waals surface area contributed by atoms with Crippen molar-refractivity contribution in [3.8, 4) is 6.07 Å². The van der Waals surface area contributed by atoms with Crippen molar-refractivity contribution in [2.75, 3.05) is 0 Å². The first-order valence-corrected chi connectivity index (χ1v) is 3.83. The van der Waals surface area contributed by atoms with Crippen molar-refractivity contribution in [2.45, 2.75) is 32.4 Å². The number of halogens is 1. The Kier molecular flexibility index (Phi) is 2.26. The second-order valence-corrected chi connectivity index (χ2v) is 2.93. The number of rotatable bonds is 1. The van der Waals surface area contributed by atoms with Gasteiger partial charge in [0, 0.05) is 0 Å². The van der Waals surface area contributed by atoms with Gasteiger partial charge in [0.05, 0.1) is 12.0 Å². The third kappa shape index (κ3) is 1.13. The van der Waals surface area contributed by atoms with Crippen molar-refractivity contribution >= 4 is 0 Å². The third-order valence-electron chi connectivity index (χ3n) is 2.37. The quantitative estimate of drug-likeness (QED) is 0.549. The minimum atomic E-state index is -0.852. The Morgan fingerprint density at radius 3 is 2.60 bits per heavy atom. The number of nitriles is 1. The van der Waals surface area contributed by atoms with Crippen LogP contribution in [0.2, 0.25) is 0 Å². The molecule has 0 aromatic rings. The van der Waals surface area contributed by atoms with Gasteiger partial charge in [-0.2, -0.15) is 5.26 Å². The lowest BCUT2D eigenvalue weighted by Crippen LogP contribution is -2.13. The summed E-state index contributed by atoms with van der Waals surface area (Å²) in [5.41, 5.74) is 0. The van der Waals surface area contributed by atoms with E-state index in [1.807, 2.05) is 13.0 Å². The minimum absolute atomic E-state index is 0.157. The van der Waals surface area contributed by atoms with Gasteiger partial charge in [-0.05, 0) is 18.8 Å². The summed E-state index contributed by atoms with van der Waals surface area (Å²) in [5.74, 6) is -0.158. The molecule has 1 nitrogen and oxygen atoms in total. The van der Waals surface area contributed by atoms with Crippen molar-refractivity contribution < 1.29 is 4.39 Å². The fourth-order valence-electron chi connectivity index (χ4n) is 1.61. The second kappa shape index (κ2) is 3.01. The van der Waals surface area contributed by atoms with Gasteiger partial charge in [0.2, 0.25) is 0 Å². The molecule has 1 saturated carbocycles. The summed E-state index contributed by atoms with van der Waals surface area (Å²) in [6, 6.07) is 2.00. The zero-order valence-corrected chi connectivity index (χ0v) is 6.18. The third-order valence-corrected chi connectivity index (χ3v) is 2.37. The SMILES string of the molecule is CCC1CCC(C#N)C1F. The van der Waals surface area contributed by atoms with Gasteiger partial charge in [0.15, 0.2) is 0 Å². The van der Waals surface area contributed by atoms with Crippen LogP contribution in [0.3, 0.4) is 0 Å². The summed E-state index contributed by atoms with van der Waals surface area (Å²) in [6.07, 6.45) is 1.68. The zero-order chi connectivity index (χ0) is 7.56. The highest BCUT2D eigenvalue weighted by molar-refractivity contribution is 4.96. The van der Waals surface area contributed by atoms with E-state index in [-0.39, 0.29) is 11.8 Å². The van der Waals surface area contributed by atoms with Crippen molar-refractivity contribution in [1.29, 1.82) is 5.26 Å². The van der Waals surface area contributed by atoms with Gasteiger partial charge in [0.1, 0.15) is 6.17 Å². The highest BCUT2D eigenvalue weighted by Gasteiger charge is 2.34. The molecule has 3 atom stereocenters. The lowest BCUT2D eigenvalue weighted by atomic mass is 10.0. The van der Waals surface area contributed by atoms with Gasteiger partial charge in [0.25, 0.3) is 0 Å². The van der Waals surface area contributed by atoms with E-state index in [0.717, 1.165) is 19.3 Å². The van der Waals surface area contributed by atoms with Gasteiger partial charge < -0.3 is 0 Å². The van der Waals surface area contributed by atoms with E-state index in [2.05, 4.69) is 0 Å². The molecule has 0 aromatic heterocycles. The van der Waals surface area contributed by atoms with Gasteiger partial charge in [-0.25, -0.2) is 4.39 Å². The Hall–Kier alpha value is -0.580. The van der Waals surface area contributed by atoms with Gasteiger partial charge in [-0.1, -0.05) is 13.3 Å². The van der Waals surface area contributed by atoms with Crippen molar-refractivity contribution in [3.63, 3.8) is 0 Å². The summed E-state index contributed by atoms with van der Waals surface area (Å²) >= 11 is 0. The van der Waals surface area contributed by atoms with E-state index in [1.165, 1.54) is 0 Å². The van der Waals surface area contributed by atoms with Crippen LogP contribution in [0.1, 0.15) is 26.2 Å². The van der Waals surface area contributed by atoms with Gasteiger partial charge >= 0.3 is 0 Å². The monoisotopic (exact) mass is 141 g/mol. The Labute approximate surface area is 60.8 Å². The molecule has 0 aromatic carbocycles. The van der Waals surface area contributed by atoms with Crippen molar-refractivity contribution in [2.24, 2.45) is 11.8 Å². The normalized spacial score (nSPS) is 39.5. The van der Waals surface area contributed by atoms with Crippen molar-refractivity contribution in [3.05, 3.63) is 0 Å². The molecule has 3 unspecified atom stereocenters. The van der Waals surface area contributed by atoms with Gasteiger partial charge in [-0.3, -0.25) is 0 Å². The maximum absolute atomic E-state index is 13.0. The molecule has 0 aliphatic heterocycles. The molecule has 56 valence electrons. The van der Waals surface area contributed by atoms with E-state index >= 15 is 0 Å². The molecule has 2 heteroatoms. The Morgan fingerprint density at radius 1 is 1.60 bits per heavy atom. The molecule has 0 spiro atoms. The Morgan fingerprint density at radius 2 is 2.30 bits per heavy atom. The van der Waals surface area contributed by atoms with Crippen LogP contribution in [-0.4, -0.2) is 6.17 Å². The van der Waals surface area contributed by atoms with Crippen LogP contribution in [0, 0.1) is 23.2 Å². The minimum Gasteiger partial charge on any atom is -0.246 e. The lowest BCUT2D eigenvalue weighted by Gasteiger charge is -2.09. The van der Waals surface area contributed by atoms with Crippen LogP contribution < -0.4 is 0 Å². The topological polar surface area (TPSA) is 23.8 Å². The predicted octanol–water partition coefficient (Wildman–Crippen LogP) is 2.28. The maximum Gasteiger partial charge on any atom is 0.119 e. The zero-order valence-electron chi connectivity index (χ0n) is 6.18. The standard InChI is InChI=1S/C8H12FN/c1-2-6-3-4-7(5-10)8(6)9/h6-8H,2-4H2,1H3. The largest absolute Gasteiger partial charge is 0.246 e. The average molecular weight is 141 g/mol. The summed E-state index contributed by atoms with van der Waals surface area (Å²) < 4.78 is 13.0. The van der Waals surface area contributed by atoms with Crippen molar-refractivity contribution in [1.82, 2.24) is 0 Å². The molecule has 1 aliphatic carbocycles. The molecule has 0 N–H and O–H groups in total. The summed E-state index contributed by atoms with van der Waals surface area (Å²) in [4.78, 5) is 0. The van der Waals surface area contributed by atoms with Gasteiger partial charge in [-0.15, -0.1) is 0 Å². The number of nitrogens with zero attached hydrogens (tertiary/aromatic N) is 1. The number of alkyl halides is 1. The molecule has 1 fully saturated rings. The molecule has 0 bridgehead atoms. The molecule has 1 aliphatic rings. The highest BCUT2D eigenvalue weighted by atomic mass is 19.1. The van der Waals surface area contributed by atoms with Crippen LogP contribution in [0.5, 0.6) is 0 Å². The number of hydrogen-bond acceptors (Lipinski definition) is 1. The van der Waals surface area contributed by atoms with Crippen LogP contribution in [-0.2, 0) is 0 Å². The predicted molar refractivity (Wildman–Crippen MR) is 37.0 cm³/mol. The number of hydrogen-bond donors (Lipinski definition) is 0. The first kappa shape index (κ1) is 7.53. The molecular weight excluding hydrogens is 129 g/mol. The molecule has 0 saturated heterocycles. The van der Waals surface area contributed by atoms with Crippen LogP contribution in [0.25, 0.3) is 0 Å². The molecule has 10 heavy (non-hydrogen) atoms. The van der Waals surface area contributed by atoms with E-state index < -0.39 is 6.17 Å². The average Bonchev–Trinajstić information content (AvgIpc) is 2.30. The Balaban J connectivity index is 2.51. The summed E-state index contributed by atoms with van der Waals surface area (Å²) in [6.45, 7) is 1.98. The smallest absolute Gasteiger partial charge is 0.119 e. The molecule has 0 heterocycles. The molecule has 0 amide bonds. The lowest BCUT2D eigenvalue weighted by molar-refractivity contribution is 0.230. The first-order chi connectivity index (χ1) is 4.79. The summed E-state index contributed by atoms with van der Waals surface area (Å²) in [5, 5.41) is 8.46. The van der Waals surface area contributed by atoms with E-state index in [4.69, 9.17) is 5.26 Å². The van der Waals surface area contributed by atoms with E-state index in [1.54, 1.807) is 0 Å². The maximum atomic E-state index is 13.0.